The van der Waals surface area contributed by atoms with Crippen LogP contribution in [0.25, 0.3) is 32.6 Å². The molecule has 4 heterocycles. The molecule has 0 unspecified atom stereocenters. The van der Waals surface area contributed by atoms with Crippen LogP contribution >= 0.6 is 11.3 Å². The number of aliphatic hydroxyl groups excluding tert-OH is 1. The lowest BCUT2D eigenvalue weighted by Gasteiger charge is -2.28. The number of carbonyl (C=O) groups excluding carboxylic acids is 1. The third-order valence-corrected chi connectivity index (χ3v) is 13.0. The van der Waals surface area contributed by atoms with Crippen molar-refractivity contribution in [3.8, 4) is 17.1 Å². The summed E-state index contributed by atoms with van der Waals surface area (Å²) in [5, 5.41) is 15.4. The summed E-state index contributed by atoms with van der Waals surface area (Å²) in [7, 11) is -4.59. The number of amides is 1. The van der Waals surface area contributed by atoms with Crippen LogP contribution in [0.5, 0.6) is 5.75 Å². The van der Waals surface area contributed by atoms with Crippen molar-refractivity contribution in [2.24, 2.45) is 5.92 Å². The lowest BCUT2D eigenvalue weighted by Crippen LogP contribution is -2.34. The highest BCUT2D eigenvalue weighted by molar-refractivity contribution is 7.91. The van der Waals surface area contributed by atoms with E-state index >= 15 is 0 Å². The molecule has 3 aliphatic rings. The fourth-order valence-electron chi connectivity index (χ4n) is 7.60. The maximum absolute atomic E-state index is 14.9. The second-order valence-electron chi connectivity index (χ2n) is 14.1. The first-order valence-electron chi connectivity index (χ1n) is 17.7. The van der Waals surface area contributed by atoms with Crippen molar-refractivity contribution in [3.63, 3.8) is 0 Å². The normalized spacial score (nSPS) is 19.7. The molecule has 2 aromatic carbocycles. The van der Waals surface area contributed by atoms with Crippen LogP contribution in [0.15, 0.2) is 52.6 Å². The monoisotopic (exact) mass is 769 g/mol. The zero-order chi connectivity index (χ0) is 37.2. The third kappa shape index (κ3) is 6.48. The Hall–Kier alpha value is -4.41. The largest absolute Gasteiger partial charge is 0.517 e. The van der Waals surface area contributed by atoms with Gasteiger partial charge in [-0.25, -0.2) is 8.96 Å². The summed E-state index contributed by atoms with van der Waals surface area (Å²) in [6, 6.07) is 11.6. The van der Waals surface area contributed by atoms with Crippen LogP contribution in [0, 0.1) is 5.92 Å². The Bertz CT molecular complexity index is 2390. The number of aliphatic hydroxyl groups is 1. The molecule has 2 fully saturated rings. The number of benzene rings is 2. The number of nitrogens with zero attached hydrogens (tertiary/aromatic N) is 4. The van der Waals surface area contributed by atoms with Crippen molar-refractivity contribution < 1.29 is 36.2 Å². The smallest absolute Gasteiger partial charge is 0.497 e. The Balaban J connectivity index is 1.35. The average molecular weight is 770 g/mol. The zero-order valence-electron chi connectivity index (χ0n) is 28.9. The Labute approximate surface area is 307 Å². The molecule has 53 heavy (non-hydrogen) atoms. The molecule has 16 heteroatoms. The molecule has 1 amide bonds. The number of ether oxygens (including phenoxy) is 1. The topological polar surface area (TPSA) is 136 Å². The van der Waals surface area contributed by atoms with Crippen LogP contribution in [0.3, 0.4) is 0 Å². The number of alkyl halides is 3. The number of methoxy groups -OCH3 is 1. The average Bonchev–Trinajstić information content (AvgIpc) is 3.81. The Morgan fingerprint density at radius 1 is 1.00 bits per heavy atom. The number of carbonyl (C=O) groups is 1. The van der Waals surface area contributed by atoms with Gasteiger partial charge in [-0.05, 0) is 104 Å². The van der Waals surface area contributed by atoms with E-state index < -0.39 is 33.0 Å². The summed E-state index contributed by atoms with van der Waals surface area (Å²) in [4.78, 5) is 34.1. The van der Waals surface area contributed by atoms with Crippen LogP contribution < -0.4 is 15.6 Å². The first-order valence-corrected chi connectivity index (χ1v) is 20.0. The van der Waals surface area contributed by atoms with Gasteiger partial charge in [0.25, 0.3) is 5.56 Å². The molecule has 0 saturated heterocycles. The SMILES string of the molecule is COc1ccc(Cn2c(=O)c(-c3nc4cc5c(cc4n3S(=O)(=O)C(F)(F)F)CCN(C(=O)C3CC3)CC5)c(NC3CCC(O)CC3)c3sccc32)cc1. The van der Waals surface area contributed by atoms with Crippen LogP contribution in [-0.4, -0.2) is 75.7 Å². The summed E-state index contributed by atoms with van der Waals surface area (Å²) in [5.74, 6) is 0.0440. The minimum absolute atomic E-state index is 0.00679. The van der Waals surface area contributed by atoms with E-state index in [4.69, 9.17) is 4.74 Å². The first-order chi connectivity index (χ1) is 25.3. The number of hydrogen-bond acceptors (Lipinski definition) is 9. The summed E-state index contributed by atoms with van der Waals surface area (Å²) in [5.41, 5.74) is -4.21. The Morgan fingerprint density at radius 2 is 1.68 bits per heavy atom. The van der Waals surface area contributed by atoms with Crippen LogP contribution in [-0.2, 0) is 34.2 Å². The number of hydrogen-bond donors (Lipinski definition) is 2. The number of pyridine rings is 1. The van der Waals surface area contributed by atoms with Crippen molar-refractivity contribution in [1.82, 2.24) is 18.4 Å². The van der Waals surface area contributed by atoms with Gasteiger partial charge >= 0.3 is 15.5 Å². The van der Waals surface area contributed by atoms with Crippen molar-refractivity contribution in [3.05, 3.63) is 74.9 Å². The van der Waals surface area contributed by atoms with Crippen molar-refractivity contribution in [2.75, 3.05) is 25.5 Å². The molecule has 2 N–H and O–H groups in total. The second-order valence-corrected chi connectivity index (χ2v) is 16.8. The maximum Gasteiger partial charge on any atom is 0.517 e. The van der Waals surface area contributed by atoms with Gasteiger partial charge in [-0.2, -0.15) is 21.6 Å². The molecular weight excluding hydrogens is 732 g/mol. The highest BCUT2D eigenvalue weighted by Gasteiger charge is 2.50. The summed E-state index contributed by atoms with van der Waals surface area (Å²) in [6.45, 7) is 0.823. The molecular formula is C37H38F3N5O6S2. The number of rotatable bonds is 8. The number of nitrogens with one attached hydrogen (secondary N) is 1. The highest BCUT2D eigenvalue weighted by atomic mass is 32.2. The number of anilines is 1. The van der Waals surface area contributed by atoms with Gasteiger partial charge in [-0.1, -0.05) is 12.1 Å². The summed E-state index contributed by atoms with van der Waals surface area (Å²) < 4.78 is 78.8. The van der Waals surface area contributed by atoms with Gasteiger partial charge in [0, 0.05) is 25.0 Å². The van der Waals surface area contributed by atoms with Crippen molar-refractivity contribution in [1.29, 1.82) is 0 Å². The lowest BCUT2D eigenvalue weighted by atomic mass is 9.93. The predicted molar refractivity (Wildman–Crippen MR) is 196 cm³/mol. The van der Waals surface area contributed by atoms with Gasteiger partial charge in [0.15, 0.2) is 5.82 Å². The Kier molecular flexibility index (Phi) is 9.05. The number of imidazole rings is 1. The van der Waals surface area contributed by atoms with Crippen molar-refractivity contribution in [2.45, 2.75) is 75.6 Å². The quantitative estimate of drug-likeness (QED) is 0.200. The second kappa shape index (κ2) is 13.5. The number of thiophene rings is 1. The predicted octanol–water partition coefficient (Wildman–Crippen LogP) is 5.89. The molecule has 1 aliphatic heterocycles. The van der Waals surface area contributed by atoms with E-state index in [2.05, 4.69) is 10.3 Å². The molecule has 5 aromatic rings. The first kappa shape index (κ1) is 35.6. The minimum atomic E-state index is -6.12. The minimum Gasteiger partial charge on any atom is -0.497 e. The standard InChI is InChI=1S/C37H38F3N5O6S2/c1-51-27-10-2-21(3-11-27)20-44-29-14-17-52-33(29)32(41-25-6-8-26(46)9-7-25)31(36(44)48)34-42-28-18-23-12-15-43(35(47)22-4-5-22)16-13-24(23)19-30(28)45(34)53(49,50)37(38,39)40/h2-3,10-11,14,17-19,22,25-26,41,46H,4-9,12-13,15-16,20H2,1H3. The number of halogens is 3. The van der Waals surface area contributed by atoms with E-state index in [-0.39, 0.29) is 50.7 Å². The molecule has 2 aliphatic carbocycles. The van der Waals surface area contributed by atoms with Crippen LogP contribution in [0.2, 0.25) is 0 Å². The lowest BCUT2D eigenvalue weighted by molar-refractivity contribution is -0.132. The number of aromatic nitrogens is 3. The maximum atomic E-state index is 14.9. The van der Waals surface area contributed by atoms with Gasteiger partial charge in [0.1, 0.15) is 11.3 Å². The summed E-state index contributed by atoms with van der Waals surface area (Å²) >= 11 is 1.28. The van der Waals surface area contributed by atoms with Crippen LogP contribution in [0.1, 0.15) is 55.2 Å². The van der Waals surface area contributed by atoms with Gasteiger partial charge in [-0.15, -0.1) is 11.3 Å². The van der Waals surface area contributed by atoms with Gasteiger partial charge in [0.05, 0.1) is 46.7 Å². The molecule has 2 saturated carbocycles. The molecule has 8 rings (SSSR count). The fourth-order valence-corrected chi connectivity index (χ4v) is 9.48. The Morgan fingerprint density at radius 3 is 2.32 bits per heavy atom. The molecule has 280 valence electrons. The number of fused-ring (bicyclic) bond motifs is 3. The molecule has 0 spiro atoms. The molecule has 3 aromatic heterocycles. The highest BCUT2D eigenvalue weighted by Crippen LogP contribution is 2.41. The van der Waals surface area contributed by atoms with E-state index in [0.29, 0.717) is 78.7 Å². The van der Waals surface area contributed by atoms with Gasteiger partial charge in [-0.3, -0.25) is 9.59 Å². The summed E-state index contributed by atoms with van der Waals surface area (Å²) in [6.07, 6.45) is 4.01. The van der Waals surface area contributed by atoms with Gasteiger partial charge < -0.3 is 24.6 Å². The van der Waals surface area contributed by atoms with E-state index in [1.165, 1.54) is 29.1 Å². The van der Waals surface area contributed by atoms with Gasteiger partial charge in [0.2, 0.25) is 5.91 Å². The molecule has 11 nitrogen and oxygen atoms in total. The van der Waals surface area contributed by atoms with E-state index in [1.54, 1.807) is 46.7 Å². The van der Waals surface area contributed by atoms with E-state index in [9.17, 15) is 36.3 Å². The van der Waals surface area contributed by atoms with E-state index in [1.807, 2.05) is 0 Å². The molecule has 0 radical (unpaired) electrons. The molecule has 0 bridgehead atoms. The van der Waals surface area contributed by atoms with E-state index in [0.717, 1.165) is 18.4 Å². The van der Waals surface area contributed by atoms with Crippen molar-refractivity contribution >= 4 is 54.2 Å². The van der Waals surface area contributed by atoms with Crippen LogP contribution in [0.4, 0.5) is 18.9 Å². The molecule has 0 atom stereocenters. The zero-order valence-corrected chi connectivity index (χ0v) is 30.5. The third-order valence-electron chi connectivity index (χ3n) is 10.6. The fraction of sp³-hybridized carbons (Fsp3) is 0.432.